The second kappa shape index (κ2) is 7.58. The van der Waals surface area contributed by atoms with E-state index in [9.17, 15) is 0 Å². The molecule has 0 radical (unpaired) electrons. The quantitative estimate of drug-likeness (QED) is 0.830. The SMILES string of the molecule is CCC(NCc1ccc(CO)cc1)c1ccccc1Br. The second-order valence-corrected chi connectivity index (χ2v) is 5.69. The lowest BCUT2D eigenvalue weighted by atomic mass is 10.0. The first-order valence-electron chi connectivity index (χ1n) is 6.91. The van der Waals surface area contributed by atoms with Crippen molar-refractivity contribution in [3.63, 3.8) is 0 Å². The zero-order valence-corrected chi connectivity index (χ0v) is 13.2. The van der Waals surface area contributed by atoms with Gasteiger partial charge in [0.15, 0.2) is 0 Å². The normalized spacial score (nSPS) is 12.3. The third kappa shape index (κ3) is 3.92. The molecule has 0 aromatic heterocycles. The van der Waals surface area contributed by atoms with Crippen LogP contribution < -0.4 is 5.32 Å². The minimum absolute atomic E-state index is 0.0995. The summed E-state index contributed by atoms with van der Waals surface area (Å²) in [5.74, 6) is 0. The number of aliphatic hydroxyl groups excluding tert-OH is 1. The summed E-state index contributed by atoms with van der Waals surface area (Å²) < 4.78 is 1.15. The van der Waals surface area contributed by atoms with E-state index in [0.717, 1.165) is 23.0 Å². The standard InChI is InChI=1S/C17H20BrNO/c1-2-17(15-5-3-4-6-16(15)18)19-11-13-7-9-14(12-20)10-8-13/h3-10,17,19-20H,2,11-12H2,1H3. The van der Waals surface area contributed by atoms with E-state index in [-0.39, 0.29) is 6.61 Å². The van der Waals surface area contributed by atoms with Gasteiger partial charge in [-0.15, -0.1) is 0 Å². The number of benzene rings is 2. The Morgan fingerprint density at radius 2 is 1.70 bits per heavy atom. The summed E-state index contributed by atoms with van der Waals surface area (Å²) in [6.07, 6.45) is 1.04. The molecular formula is C17H20BrNO. The number of nitrogens with one attached hydrogen (secondary N) is 1. The van der Waals surface area contributed by atoms with Gasteiger partial charge < -0.3 is 10.4 Å². The Bertz CT molecular complexity index is 539. The van der Waals surface area contributed by atoms with Crippen LogP contribution in [0.1, 0.15) is 36.1 Å². The third-order valence-electron chi connectivity index (χ3n) is 3.45. The summed E-state index contributed by atoms with van der Waals surface area (Å²) >= 11 is 3.62. The van der Waals surface area contributed by atoms with Crippen molar-refractivity contribution in [1.82, 2.24) is 5.32 Å². The van der Waals surface area contributed by atoms with Crippen molar-refractivity contribution in [2.24, 2.45) is 0 Å². The molecule has 2 aromatic carbocycles. The summed E-state index contributed by atoms with van der Waals surface area (Å²) in [6, 6.07) is 16.7. The fourth-order valence-electron chi connectivity index (χ4n) is 2.24. The Kier molecular flexibility index (Phi) is 5.77. The molecule has 20 heavy (non-hydrogen) atoms. The smallest absolute Gasteiger partial charge is 0.0681 e. The van der Waals surface area contributed by atoms with Crippen LogP contribution in [-0.4, -0.2) is 5.11 Å². The van der Waals surface area contributed by atoms with Crippen LogP contribution in [0.25, 0.3) is 0 Å². The summed E-state index contributed by atoms with van der Waals surface area (Å²) in [6.45, 7) is 3.11. The molecule has 2 aromatic rings. The lowest BCUT2D eigenvalue weighted by molar-refractivity contribution is 0.282. The molecule has 0 fully saturated rings. The fraction of sp³-hybridized carbons (Fsp3) is 0.294. The van der Waals surface area contributed by atoms with Crippen LogP contribution >= 0.6 is 15.9 Å². The Morgan fingerprint density at radius 3 is 2.30 bits per heavy atom. The van der Waals surface area contributed by atoms with Gasteiger partial charge in [-0.1, -0.05) is 65.3 Å². The molecule has 0 aliphatic heterocycles. The van der Waals surface area contributed by atoms with Crippen LogP contribution in [0.2, 0.25) is 0 Å². The second-order valence-electron chi connectivity index (χ2n) is 4.84. The van der Waals surface area contributed by atoms with E-state index in [1.165, 1.54) is 11.1 Å². The van der Waals surface area contributed by atoms with Crippen molar-refractivity contribution in [3.05, 3.63) is 69.7 Å². The Hall–Kier alpha value is -1.16. The van der Waals surface area contributed by atoms with Gasteiger partial charge in [0, 0.05) is 17.1 Å². The molecule has 0 bridgehead atoms. The number of aliphatic hydroxyl groups is 1. The Labute approximate surface area is 129 Å². The molecule has 1 atom stereocenters. The van der Waals surface area contributed by atoms with E-state index in [1.807, 2.05) is 18.2 Å². The molecule has 0 heterocycles. The molecule has 2 rings (SSSR count). The van der Waals surface area contributed by atoms with Crippen molar-refractivity contribution < 1.29 is 5.11 Å². The highest BCUT2D eigenvalue weighted by Gasteiger charge is 2.11. The van der Waals surface area contributed by atoms with Gasteiger partial charge in [-0.25, -0.2) is 0 Å². The van der Waals surface area contributed by atoms with Gasteiger partial charge >= 0.3 is 0 Å². The van der Waals surface area contributed by atoms with Crippen LogP contribution in [0.3, 0.4) is 0 Å². The van der Waals surface area contributed by atoms with Crippen molar-refractivity contribution in [2.45, 2.75) is 32.5 Å². The van der Waals surface area contributed by atoms with Crippen LogP contribution in [-0.2, 0) is 13.2 Å². The van der Waals surface area contributed by atoms with Gasteiger partial charge in [-0.2, -0.15) is 0 Å². The average molecular weight is 334 g/mol. The van der Waals surface area contributed by atoms with Crippen molar-refractivity contribution >= 4 is 15.9 Å². The lowest BCUT2D eigenvalue weighted by Gasteiger charge is -2.19. The van der Waals surface area contributed by atoms with Crippen molar-refractivity contribution in [3.8, 4) is 0 Å². The molecule has 0 amide bonds. The number of hydrogen-bond acceptors (Lipinski definition) is 2. The van der Waals surface area contributed by atoms with E-state index in [0.29, 0.717) is 6.04 Å². The fourth-order valence-corrected chi connectivity index (χ4v) is 2.80. The van der Waals surface area contributed by atoms with Gasteiger partial charge in [0.25, 0.3) is 0 Å². The minimum Gasteiger partial charge on any atom is -0.392 e. The molecule has 0 aliphatic rings. The zero-order chi connectivity index (χ0) is 14.4. The lowest BCUT2D eigenvalue weighted by Crippen LogP contribution is -2.20. The van der Waals surface area contributed by atoms with Gasteiger partial charge in [-0.3, -0.25) is 0 Å². The van der Waals surface area contributed by atoms with Gasteiger partial charge in [0.2, 0.25) is 0 Å². The summed E-state index contributed by atoms with van der Waals surface area (Å²) in [5.41, 5.74) is 3.47. The van der Waals surface area contributed by atoms with E-state index in [2.05, 4.69) is 58.5 Å². The van der Waals surface area contributed by atoms with Gasteiger partial charge in [0.1, 0.15) is 0 Å². The predicted molar refractivity (Wildman–Crippen MR) is 86.4 cm³/mol. The average Bonchev–Trinajstić information content (AvgIpc) is 2.50. The van der Waals surface area contributed by atoms with E-state index in [1.54, 1.807) is 0 Å². The topological polar surface area (TPSA) is 32.3 Å². The molecule has 0 saturated heterocycles. The molecule has 0 spiro atoms. The first-order valence-corrected chi connectivity index (χ1v) is 7.70. The highest BCUT2D eigenvalue weighted by molar-refractivity contribution is 9.10. The number of hydrogen-bond donors (Lipinski definition) is 2. The van der Waals surface area contributed by atoms with Crippen molar-refractivity contribution in [1.29, 1.82) is 0 Å². The predicted octanol–water partition coefficient (Wildman–Crippen LogP) is 4.18. The zero-order valence-electron chi connectivity index (χ0n) is 11.6. The molecular weight excluding hydrogens is 314 g/mol. The van der Waals surface area contributed by atoms with Crippen molar-refractivity contribution in [2.75, 3.05) is 0 Å². The van der Waals surface area contributed by atoms with E-state index < -0.39 is 0 Å². The number of rotatable bonds is 6. The first-order chi connectivity index (χ1) is 9.74. The summed E-state index contributed by atoms with van der Waals surface area (Å²) in [4.78, 5) is 0. The summed E-state index contributed by atoms with van der Waals surface area (Å²) in [5, 5.41) is 12.6. The van der Waals surface area contributed by atoms with Crippen LogP contribution in [0.4, 0.5) is 0 Å². The molecule has 3 heteroatoms. The maximum atomic E-state index is 9.04. The third-order valence-corrected chi connectivity index (χ3v) is 4.17. The Morgan fingerprint density at radius 1 is 1.05 bits per heavy atom. The van der Waals surface area contributed by atoms with Gasteiger partial charge in [0.05, 0.1) is 6.61 Å². The van der Waals surface area contributed by atoms with Gasteiger partial charge in [-0.05, 0) is 29.2 Å². The van der Waals surface area contributed by atoms with E-state index in [4.69, 9.17) is 5.11 Å². The minimum atomic E-state index is 0.0995. The molecule has 0 aliphatic carbocycles. The first kappa shape index (κ1) is 15.2. The van der Waals surface area contributed by atoms with Crippen LogP contribution in [0, 0.1) is 0 Å². The maximum absolute atomic E-state index is 9.04. The van der Waals surface area contributed by atoms with Crippen LogP contribution in [0.5, 0.6) is 0 Å². The van der Waals surface area contributed by atoms with Crippen LogP contribution in [0.15, 0.2) is 53.0 Å². The largest absolute Gasteiger partial charge is 0.392 e. The maximum Gasteiger partial charge on any atom is 0.0681 e. The highest BCUT2D eigenvalue weighted by Crippen LogP contribution is 2.25. The summed E-state index contributed by atoms with van der Waals surface area (Å²) in [7, 11) is 0. The molecule has 106 valence electrons. The Balaban J connectivity index is 2.02. The number of halogens is 1. The monoisotopic (exact) mass is 333 g/mol. The molecule has 2 nitrogen and oxygen atoms in total. The molecule has 0 saturated carbocycles. The van der Waals surface area contributed by atoms with E-state index >= 15 is 0 Å². The molecule has 1 unspecified atom stereocenters. The highest BCUT2D eigenvalue weighted by atomic mass is 79.9. The molecule has 2 N–H and O–H groups in total.